The first-order valence-electron chi connectivity index (χ1n) is 9.31. The lowest BCUT2D eigenvalue weighted by Crippen LogP contribution is -2.38. The van der Waals surface area contributed by atoms with Crippen molar-refractivity contribution in [2.24, 2.45) is 22.7 Å². The van der Waals surface area contributed by atoms with Crippen LogP contribution in [0.4, 0.5) is 0 Å². The van der Waals surface area contributed by atoms with Gasteiger partial charge in [-0.15, -0.1) is 11.3 Å². The van der Waals surface area contributed by atoms with E-state index in [2.05, 4.69) is 45.2 Å². The zero-order chi connectivity index (χ0) is 16.2. The number of rotatable bonds is 5. The molecule has 0 unspecified atom stereocenters. The van der Waals surface area contributed by atoms with Gasteiger partial charge in [-0.2, -0.15) is 0 Å². The molecule has 2 bridgehead atoms. The first-order valence-corrected chi connectivity index (χ1v) is 10.2. The highest BCUT2D eigenvalue weighted by Gasteiger charge is 2.69. The van der Waals surface area contributed by atoms with Crippen molar-refractivity contribution < 1.29 is 9.47 Å². The highest BCUT2D eigenvalue weighted by molar-refractivity contribution is 7.10. The van der Waals surface area contributed by atoms with Crippen LogP contribution in [-0.2, 0) is 9.47 Å². The summed E-state index contributed by atoms with van der Waals surface area (Å²) in [5.41, 5.74) is 0.757. The minimum absolute atomic E-state index is 0.000301. The van der Waals surface area contributed by atoms with Crippen LogP contribution in [-0.4, -0.2) is 12.4 Å². The molecule has 2 heterocycles. The molecule has 0 spiro atoms. The van der Waals surface area contributed by atoms with Crippen molar-refractivity contribution in [3.63, 3.8) is 0 Å². The molecule has 1 aliphatic heterocycles. The molecule has 0 aromatic carbocycles. The minimum Gasteiger partial charge on any atom is -0.349 e. The van der Waals surface area contributed by atoms with Crippen LogP contribution in [0.1, 0.15) is 70.8 Å². The molecule has 0 N–H and O–H groups in total. The fourth-order valence-corrected chi connectivity index (χ4v) is 6.57. The zero-order valence-electron chi connectivity index (χ0n) is 14.9. The lowest BCUT2D eigenvalue weighted by molar-refractivity contribution is -0.188. The van der Waals surface area contributed by atoms with E-state index in [4.69, 9.17) is 9.47 Å². The molecule has 6 atom stereocenters. The third kappa shape index (κ3) is 2.26. The normalized spacial score (nSPS) is 42.1. The molecule has 3 aliphatic rings. The predicted molar refractivity (Wildman–Crippen MR) is 94.4 cm³/mol. The topological polar surface area (TPSA) is 18.5 Å². The Morgan fingerprint density at radius 3 is 2.87 bits per heavy atom. The smallest absolute Gasteiger partial charge is 0.159 e. The molecule has 0 radical (unpaired) electrons. The largest absolute Gasteiger partial charge is 0.349 e. The standard InChI is InChI=1S/C20H30O2S/c1-5-7-15(16-8-6-11-23-16)21-17-12-13-14-9-10-20(4,18(13)22-17)19(14,2)3/h6,8,11,13-15,17-18H,5,7,9-10,12H2,1-4H3/t13-,14-,15-,17-,18-,20+/m1/s1. The first kappa shape index (κ1) is 16.1. The van der Waals surface area contributed by atoms with Gasteiger partial charge in [-0.05, 0) is 53.4 Å². The second-order valence-electron chi connectivity index (χ2n) is 8.60. The van der Waals surface area contributed by atoms with Crippen LogP contribution in [0.15, 0.2) is 17.5 Å². The molecule has 4 rings (SSSR count). The second-order valence-corrected chi connectivity index (χ2v) is 9.58. The molecular formula is C20H30O2S. The van der Waals surface area contributed by atoms with Crippen LogP contribution in [0, 0.1) is 22.7 Å². The fraction of sp³-hybridized carbons (Fsp3) is 0.800. The fourth-order valence-electron chi connectivity index (χ4n) is 5.77. The van der Waals surface area contributed by atoms with Gasteiger partial charge < -0.3 is 9.47 Å². The Morgan fingerprint density at radius 1 is 1.39 bits per heavy atom. The number of ether oxygens (including phenoxy) is 2. The second kappa shape index (κ2) is 5.57. The maximum absolute atomic E-state index is 6.52. The van der Waals surface area contributed by atoms with Crippen molar-refractivity contribution in [1.82, 2.24) is 0 Å². The van der Waals surface area contributed by atoms with E-state index >= 15 is 0 Å². The number of fused-ring (bicyclic) bond motifs is 5. The van der Waals surface area contributed by atoms with E-state index in [1.165, 1.54) is 17.7 Å². The van der Waals surface area contributed by atoms with E-state index in [9.17, 15) is 0 Å². The third-order valence-corrected chi connectivity index (χ3v) is 8.36. The molecule has 1 aromatic heterocycles. The molecular weight excluding hydrogens is 304 g/mol. The van der Waals surface area contributed by atoms with Crippen LogP contribution in [0.5, 0.6) is 0 Å². The quantitative estimate of drug-likeness (QED) is 0.678. The van der Waals surface area contributed by atoms with Gasteiger partial charge >= 0.3 is 0 Å². The summed E-state index contributed by atoms with van der Waals surface area (Å²) in [5.74, 6) is 1.52. The predicted octanol–water partition coefficient (Wildman–Crippen LogP) is 5.79. The van der Waals surface area contributed by atoms with Crippen LogP contribution < -0.4 is 0 Å². The van der Waals surface area contributed by atoms with Gasteiger partial charge in [0.2, 0.25) is 0 Å². The summed E-state index contributed by atoms with van der Waals surface area (Å²) in [6.45, 7) is 9.63. The molecule has 128 valence electrons. The molecule has 2 nitrogen and oxygen atoms in total. The SMILES string of the molecule is CCC[C@@H](O[C@H]1C[C@@H]2[C@H]3CC[C@@](C)([C@@H]2O1)C3(C)C)c1cccs1. The number of hydrogen-bond acceptors (Lipinski definition) is 3. The zero-order valence-corrected chi connectivity index (χ0v) is 15.7. The average Bonchev–Trinajstić information content (AvgIpc) is 3.22. The van der Waals surface area contributed by atoms with Crippen molar-refractivity contribution in [3.05, 3.63) is 22.4 Å². The van der Waals surface area contributed by atoms with Gasteiger partial charge in [0, 0.05) is 11.3 Å². The van der Waals surface area contributed by atoms with Crippen LogP contribution in [0.25, 0.3) is 0 Å². The highest BCUT2D eigenvalue weighted by Crippen LogP contribution is 2.71. The van der Waals surface area contributed by atoms with Gasteiger partial charge in [-0.25, -0.2) is 0 Å². The van der Waals surface area contributed by atoms with E-state index in [0.29, 0.717) is 22.9 Å². The summed E-state index contributed by atoms with van der Waals surface area (Å²) in [5, 5.41) is 2.15. The molecule has 0 amide bonds. The van der Waals surface area contributed by atoms with Gasteiger partial charge in [0.05, 0.1) is 12.2 Å². The third-order valence-electron chi connectivity index (χ3n) is 7.40. The minimum atomic E-state index is -0.000301. The van der Waals surface area contributed by atoms with E-state index in [-0.39, 0.29) is 12.4 Å². The maximum atomic E-state index is 6.52. The molecule has 2 aliphatic carbocycles. The molecule has 1 saturated heterocycles. The van der Waals surface area contributed by atoms with Crippen molar-refractivity contribution in [3.8, 4) is 0 Å². The molecule has 3 heteroatoms. The summed E-state index contributed by atoms with van der Waals surface area (Å²) in [4.78, 5) is 1.35. The van der Waals surface area contributed by atoms with E-state index in [0.717, 1.165) is 25.2 Å². The Kier molecular flexibility index (Phi) is 3.90. The van der Waals surface area contributed by atoms with E-state index in [1.807, 2.05) is 11.3 Å². The average molecular weight is 335 g/mol. The summed E-state index contributed by atoms with van der Waals surface area (Å²) in [6, 6.07) is 4.33. The molecule has 2 saturated carbocycles. The first-order chi connectivity index (χ1) is 11.0. The summed E-state index contributed by atoms with van der Waals surface area (Å²) in [7, 11) is 0. The van der Waals surface area contributed by atoms with Gasteiger partial charge in [0.15, 0.2) is 6.29 Å². The number of hydrogen-bond donors (Lipinski definition) is 0. The highest BCUT2D eigenvalue weighted by atomic mass is 32.1. The monoisotopic (exact) mass is 334 g/mol. The van der Waals surface area contributed by atoms with Gasteiger partial charge in [-0.3, -0.25) is 0 Å². The lowest BCUT2D eigenvalue weighted by Gasteiger charge is -2.39. The summed E-state index contributed by atoms with van der Waals surface area (Å²) >= 11 is 1.81. The summed E-state index contributed by atoms with van der Waals surface area (Å²) in [6.07, 6.45) is 6.65. The summed E-state index contributed by atoms with van der Waals surface area (Å²) < 4.78 is 13.0. The Hall–Kier alpha value is -0.380. The van der Waals surface area contributed by atoms with Crippen molar-refractivity contribution in [2.75, 3.05) is 0 Å². The Balaban J connectivity index is 1.48. The molecule has 1 aromatic rings. The van der Waals surface area contributed by atoms with Gasteiger partial charge in [0.25, 0.3) is 0 Å². The van der Waals surface area contributed by atoms with E-state index in [1.54, 1.807) is 0 Å². The van der Waals surface area contributed by atoms with Gasteiger partial charge in [0.1, 0.15) is 0 Å². The van der Waals surface area contributed by atoms with Crippen molar-refractivity contribution in [2.45, 2.75) is 78.3 Å². The van der Waals surface area contributed by atoms with Crippen LogP contribution in [0.2, 0.25) is 0 Å². The van der Waals surface area contributed by atoms with Crippen LogP contribution in [0.3, 0.4) is 0 Å². The lowest BCUT2D eigenvalue weighted by atomic mass is 9.70. The van der Waals surface area contributed by atoms with E-state index < -0.39 is 0 Å². The Bertz CT molecular complexity index is 552. The number of thiophene rings is 1. The van der Waals surface area contributed by atoms with Crippen molar-refractivity contribution >= 4 is 11.3 Å². The Labute approximate surface area is 144 Å². The Morgan fingerprint density at radius 2 is 2.22 bits per heavy atom. The molecule has 3 fully saturated rings. The van der Waals surface area contributed by atoms with Crippen LogP contribution >= 0.6 is 11.3 Å². The van der Waals surface area contributed by atoms with Crippen molar-refractivity contribution in [1.29, 1.82) is 0 Å². The molecule has 23 heavy (non-hydrogen) atoms. The maximum Gasteiger partial charge on any atom is 0.159 e. The van der Waals surface area contributed by atoms with Gasteiger partial charge in [-0.1, -0.05) is 40.2 Å².